The number of hydrogen-bond acceptors (Lipinski definition) is 5. The van der Waals surface area contributed by atoms with E-state index in [-0.39, 0.29) is 13.2 Å². The van der Waals surface area contributed by atoms with E-state index in [0.717, 1.165) is 0 Å². The molecule has 0 spiro atoms. The molecule has 0 saturated carbocycles. The summed E-state index contributed by atoms with van der Waals surface area (Å²) in [5.41, 5.74) is 0.498. The summed E-state index contributed by atoms with van der Waals surface area (Å²) in [5, 5.41) is 36.0. The number of hydrogen-bond donors (Lipinski definition) is 4. The van der Waals surface area contributed by atoms with Gasteiger partial charge in [-0.2, -0.15) is 0 Å². The molecule has 16 heavy (non-hydrogen) atoms. The third-order valence-corrected chi connectivity index (χ3v) is 2.13. The topological polar surface area (TPSA) is 90.2 Å². The van der Waals surface area contributed by atoms with Crippen LogP contribution in [0.5, 0.6) is 5.75 Å². The quantitative estimate of drug-likeness (QED) is 0.524. The summed E-state index contributed by atoms with van der Waals surface area (Å²) in [6.45, 7) is -0.349. The molecule has 5 nitrogen and oxygen atoms in total. The molecule has 5 heteroatoms. The average Bonchev–Trinajstić information content (AvgIpc) is 2.35. The van der Waals surface area contributed by atoms with Gasteiger partial charge in [0.05, 0.1) is 13.2 Å². The highest BCUT2D eigenvalue weighted by Gasteiger charge is 2.16. The lowest BCUT2D eigenvalue weighted by Gasteiger charge is -2.16. The zero-order valence-corrected chi connectivity index (χ0v) is 8.78. The molecule has 1 rings (SSSR count). The monoisotopic (exact) mass is 228 g/mol. The van der Waals surface area contributed by atoms with Crippen LogP contribution in [0.3, 0.4) is 0 Å². The average molecular weight is 228 g/mol. The summed E-state index contributed by atoms with van der Waals surface area (Å²) in [7, 11) is 0. The minimum absolute atomic E-state index is 0.0619. The summed E-state index contributed by atoms with van der Waals surface area (Å²) in [4.78, 5) is 0. The number of aliphatic hydroxyl groups excluding tert-OH is 4. The Labute approximate surface area is 93.5 Å². The summed E-state index contributed by atoms with van der Waals surface area (Å²) in [6.07, 6.45) is -2.30. The molecule has 0 aliphatic rings. The van der Waals surface area contributed by atoms with Gasteiger partial charge in [-0.25, -0.2) is 0 Å². The Hall–Kier alpha value is -1.14. The van der Waals surface area contributed by atoms with Crippen LogP contribution in [0.2, 0.25) is 0 Å². The highest BCUT2D eigenvalue weighted by atomic mass is 16.5. The molecule has 2 atom stereocenters. The minimum atomic E-state index is -1.19. The standard InChI is InChI=1S/C11H16O5/c12-5-6-16-9-3-1-8(2-4-9)11(15)10(14)7-13/h1-4,10-15H,5-7H2. The van der Waals surface area contributed by atoms with Crippen molar-refractivity contribution in [2.45, 2.75) is 12.2 Å². The number of benzene rings is 1. The lowest BCUT2D eigenvalue weighted by molar-refractivity contribution is -0.0152. The van der Waals surface area contributed by atoms with Crippen molar-refractivity contribution in [2.75, 3.05) is 19.8 Å². The highest BCUT2D eigenvalue weighted by Crippen LogP contribution is 2.20. The first-order chi connectivity index (χ1) is 7.69. The molecule has 0 aliphatic heterocycles. The van der Waals surface area contributed by atoms with E-state index in [1.54, 1.807) is 24.3 Å². The van der Waals surface area contributed by atoms with E-state index in [2.05, 4.69) is 0 Å². The van der Waals surface area contributed by atoms with Crippen LogP contribution in [0.15, 0.2) is 24.3 Å². The van der Waals surface area contributed by atoms with E-state index < -0.39 is 18.8 Å². The van der Waals surface area contributed by atoms with Crippen LogP contribution in [-0.2, 0) is 0 Å². The molecule has 0 bridgehead atoms. The van der Waals surface area contributed by atoms with E-state index in [1.165, 1.54) is 0 Å². The van der Waals surface area contributed by atoms with Crippen molar-refractivity contribution in [1.82, 2.24) is 0 Å². The maximum absolute atomic E-state index is 9.57. The SMILES string of the molecule is OCCOc1ccc(C(O)C(O)CO)cc1. The van der Waals surface area contributed by atoms with Gasteiger partial charge in [0, 0.05) is 0 Å². The lowest BCUT2D eigenvalue weighted by Crippen LogP contribution is -2.21. The van der Waals surface area contributed by atoms with Gasteiger partial charge in [-0.1, -0.05) is 12.1 Å². The first kappa shape index (κ1) is 12.9. The van der Waals surface area contributed by atoms with Crippen LogP contribution >= 0.6 is 0 Å². The summed E-state index contributed by atoms with van der Waals surface area (Å²) in [6, 6.07) is 6.43. The second-order valence-corrected chi connectivity index (χ2v) is 3.34. The molecular weight excluding hydrogens is 212 g/mol. The molecule has 90 valence electrons. The predicted octanol–water partition coefficient (Wildman–Crippen LogP) is -0.556. The summed E-state index contributed by atoms with van der Waals surface area (Å²) in [5.74, 6) is 0.573. The van der Waals surface area contributed by atoms with Gasteiger partial charge in [-0.15, -0.1) is 0 Å². The number of ether oxygens (including phenoxy) is 1. The molecule has 0 saturated heterocycles. The van der Waals surface area contributed by atoms with Crippen LogP contribution in [-0.4, -0.2) is 46.4 Å². The summed E-state index contributed by atoms with van der Waals surface area (Å²) >= 11 is 0. The van der Waals surface area contributed by atoms with Gasteiger partial charge in [0.2, 0.25) is 0 Å². The molecule has 2 unspecified atom stereocenters. The maximum Gasteiger partial charge on any atom is 0.119 e. The first-order valence-corrected chi connectivity index (χ1v) is 4.99. The van der Waals surface area contributed by atoms with Crippen molar-refractivity contribution in [3.63, 3.8) is 0 Å². The van der Waals surface area contributed by atoms with Crippen molar-refractivity contribution >= 4 is 0 Å². The second kappa shape index (κ2) is 6.44. The fraction of sp³-hybridized carbons (Fsp3) is 0.455. The zero-order chi connectivity index (χ0) is 12.0. The van der Waals surface area contributed by atoms with E-state index in [0.29, 0.717) is 11.3 Å². The number of rotatable bonds is 6. The Morgan fingerprint density at radius 2 is 1.69 bits per heavy atom. The molecule has 4 N–H and O–H groups in total. The van der Waals surface area contributed by atoms with Crippen LogP contribution in [0.4, 0.5) is 0 Å². The van der Waals surface area contributed by atoms with Crippen molar-refractivity contribution in [2.24, 2.45) is 0 Å². The van der Waals surface area contributed by atoms with Gasteiger partial charge in [0.15, 0.2) is 0 Å². The van der Waals surface area contributed by atoms with Gasteiger partial charge in [-0.3, -0.25) is 0 Å². The molecular formula is C11H16O5. The van der Waals surface area contributed by atoms with Crippen LogP contribution in [0.25, 0.3) is 0 Å². The Balaban J connectivity index is 2.63. The molecule has 1 aromatic carbocycles. The molecule has 1 aromatic rings. The third kappa shape index (κ3) is 3.46. The third-order valence-electron chi connectivity index (χ3n) is 2.13. The predicted molar refractivity (Wildman–Crippen MR) is 57.1 cm³/mol. The van der Waals surface area contributed by atoms with Gasteiger partial charge in [0.1, 0.15) is 24.6 Å². The molecule has 0 radical (unpaired) electrons. The number of aliphatic hydroxyl groups is 4. The van der Waals surface area contributed by atoms with Crippen molar-refractivity contribution in [3.05, 3.63) is 29.8 Å². The van der Waals surface area contributed by atoms with Gasteiger partial charge < -0.3 is 25.2 Å². The maximum atomic E-state index is 9.57. The Morgan fingerprint density at radius 3 is 2.19 bits per heavy atom. The normalized spacial score (nSPS) is 14.5. The first-order valence-electron chi connectivity index (χ1n) is 4.99. The lowest BCUT2D eigenvalue weighted by atomic mass is 10.1. The van der Waals surface area contributed by atoms with Gasteiger partial charge in [0.25, 0.3) is 0 Å². The molecule has 0 aliphatic carbocycles. The van der Waals surface area contributed by atoms with Crippen LogP contribution in [0.1, 0.15) is 11.7 Å². The van der Waals surface area contributed by atoms with Crippen LogP contribution in [0, 0.1) is 0 Å². The van der Waals surface area contributed by atoms with Crippen molar-refractivity contribution in [1.29, 1.82) is 0 Å². The largest absolute Gasteiger partial charge is 0.491 e. The highest BCUT2D eigenvalue weighted by molar-refractivity contribution is 5.28. The van der Waals surface area contributed by atoms with E-state index in [4.69, 9.17) is 14.9 Å². The molecule has 0 amide bonds. The van der Waals surface area contributed by atoms with Gasteiger partial charge >= 0.3 is 0 Å². The fourth-order valence-electron chi connectivity index (χ4n) is 1.25. The van der Waals surface area contributed by atoms with E-state index in [1.807, 2.05) is 0 Å². The Kier molecular flexibility index (Phi) is 5.21. The van der Waals surface area contributed by atoms with E-state index >= 15 is 0 Å². The summed E-state index contributed by atoms with van der Waals surface area (Å²) < 4.78 is 5.13. The minimum Gasteiger partial charge on any atom is -0.491 e. The fourth-order valence-corrected chi connectivity index (χ4v) is 1.25. The van der Waals surface area contributed by atoms with Crippen molar-refractivity contribution in [3.8, 4) is 5.75 Å². The van der Waals surface area contributed by atoms with E-state index in [9.17, 15) is 10.2 Å². The molecule has 0 heterocycles. The smallest absolute Gasteiger partial charge is 0.119 e. The molecule has 0 fully saturated rings. The Morgan fingerprint density at radius 1 is 1.06 bits per heavy atom. The Bertz CT molecular complexity index is 298. The molecule has 0 aromatic heterocycles. The van der Waals surface area contributed by atoms with Crippen molar-refractivity contribution < 1.29 is 25.2 Å². The second-order valence-electron chi connectivity index (χ2n) is 3.34. The zero-order valence-electron chi connectivity index (χ0n) is 8.78. The van der Waals surface area contributed by atoms with Gasteiger partial charge in [-0.05, 0) is 17.7 Å². The van der Waals surface area contributed by atoms with Crippen LogP contribution < -0.4 is 4.74 Å².